The standard InChI is InChI=1S/C17H14ClN3S2/c18-14-6-8-15(9-7-14)20-17(22)23-16-19-10-11-21(16)12-13-4-2-1-3-5-13/h1-11H,12H2,(H,20,22). The average molecular weight is 360 g/mol. The molecule has 0 radical (unpaired) electrons. The number of rotatable bonds is 4. The summed E-state index contributed by atoms with van der Waals surface area (Å²) >= 11 is 12.7. The number of anilines is 1. The van der Waals surface area contributed by atoms with E-state index < -0.39 is 0 Å². The second kappa shape index (κ2) is 7.64. The number of halogens is 1. The summed E-state index contributed by atoms with van der Waals surface area (Å²) in [6.07, 6.45) is 3.75. The van der Waals surface area contributed by atoms with Crippen LogP contribution in [0, 0.1) is 0 Å². The summed E-state index contributed by atoms with van der Waals surface area (Å²) in [6.45, 7) is 0.771. The number of nitrogens with zero attached hydrogens (tertiary/aromatic N) is 2. The van der Waals surface area contributed by atoms with Gasteiger partial charge in [-0.1, -0.05) is 54.2 Å². The van der Waals surface area contributed by atoms with Crippen LogP contribution in [0.2, 0.25) is 5.02 Å². The van der Waals surface area contributed by atoms with Crippen LogP contribution in [-0.2, 0) is 6.54 Å². The first kappa shape index (κ1) is 16.1. The minimum absolute atomic E-state index is 0.646. The fraction of sp³-hybridized carbons (Fsp3) is 0.0588. The summed E-state index contributed by atoms with van der Waals surface area (Å²) in [6, 6.07) is 17.7. The van der Waals surface area contributed by atoms with E-state index in [1.165, 1.54) is 17.3 Å². The molecular weight excluding hydrogens is 346 g/mol. The Balaban J connectivity index is 1.65. The van der Waals surface area contributed by atoms with Crippen molar-refractivity contribution in [3.05, 3.63) is 77.6 Å². The van der Waals surface area contributed by atoms with Crippen molar-refractivity contribution in [1.82, 2.24) is 9.55 Å². The molecule has 3 aromatic rings. The van der Waals surface area contributed by atoms with Crippen molar-refractivity contribution in [2.45, 2.75) is 11.7 Å². The summed E-state index contributed by atoms with van der Waals surface area (Å²) in [5, 5.41) is 4.74. The molecule has 0 fully saturated rings. The quantitative estimate of drug-likeness (QED) is 0.520. The number of thioether (sulfide) groups is 1. The van der Waals surface area contributed by atoms with Crippen molar-refractivity contribution in [3.63, 3.8) is 0 Å². The third-order valence-corrected chi connectivity index (χ3v) is 4.56. The van der Waals surface area contributed by atoms with E-state index in [9.17, 15) is 0 Å². The predicted octanol–water partition coefficient (Wildman–Crippen LogP) is 5.07. The van der Waals surface area contributed by atoms with Gasteiger partial charge in [0.05, 0.1) is 0 Å². The zero-order valence-electron chi connectivity index (χ0n) is 12.1. The summed E-state index contributed by atoms with van der Waals surface area (Å²) < 4.78 is 2.73. The van der Waals surface area contributed by atoms with E-state index >= 15 is 0 Å². The van der Waals surface area contributed by atoms with E-state index in [1.807, 2.05) is 48.7 Å². The van der Waals surface area contributed by atoms with Gasteiger partial charge in [-0.05, 0) is 41.6 Å². The molecule has 1 aromatic heterocycles. The smallest absolute Gasteiger partial charge is 0.175 e. The van der Waals surface area contributed by atoms with Gasteiger partial charge >= 0.3 is 0 Å². The number of hydrogen-bond acceptors (Lipinski definition) is 3. The van der Waals surface area contributed by atoms with Gasteiger partial charge < -0.3 is 9.88 Å². The molecule has 1 heterocycles. The van der Waals surface area contributed by atoms with Crippen LogP contribution in [-0.4, -0.2) is 13.9 Å². The van der Waals surface area contributed by atoms with E-state index in [0.29, 0.717) is 9.34 Å². The lowest BCUT2D eigenvalue weighted by Crippen LogP contribution is -2.07. The monoisotopic (exact) mass is 359 g/mol. The molecule has 6 heteroatoms. The molecule has 0 aliphatic heterocycles. The lowest BCUT2D eigenvalue weighted by atomic mass is 10.2. The number of imidazole rings is 1. The molecule has 3 nitrogen and oxygen atoms in total. The van der Waals surface area contributed by atoms with E-state index in [0.717, 1.165) is 17.4 Å². The summed E-state index contributed by atoms with van der Waals surface area (Å²) in [7, 11) is 0. The average Bonchev–Trinajstić information content (AvgIpc) is 2.97. The third-order valence-electron chi connectivity index (χ3n) is 3.15. The van der Waals surface area contributed by atoms with Crippen LogP contribution in [0.5, 0.6) is 0 Å². The second-order valence-corrected chi connectivity index (χ2v) is 6.93. The van der Waals surface area contributed by atoms with Crippen molar-refractivity contribution in [3.8, 4) is 0 Å². The molecule has 0 spiro atoms. The highest BCUT2D eigenvalue weighted by atomic mass is 35.5. The Morgan fingerprint density at radius 2 is 1.87 bits per heavy atom. The van der Waals surface area contributed by atoms with Gasteiger partial charge in [0.1, 0.15) is 4.32 Å². The van der Waals surface area contributed by atoms with Crippen molar-refractivity contribution in [1.29, 1.82) is 0 Å². The first-order valence-corrected chi connectivity index (χ1v) is 8.60. The Morgan fingerprint density at radius 1 is 1.13 bits per heavy atom. The lowest BCUT2D eigenvalue weighted by molar-refractivity contribution is 0.710. The van der Waals surface area contributed by atoms with Gasteiger partial charge in [-0.2, -0.15) is 0 Å². The lowest BCUT2D eigenvalue weighted by Gasteiger charge is -2.10. The van der Waals surface area contributed by atoms with Crippen molar-refractivity contribution in [2.24, 2.45) is 0 Å². The zero-order valence-corrected chi connectivity index (χ0v) is 14.5. The van der Waals surface area contributed by atoms with Crippen LogP contribution in [0.25, 0.3) is 0 Å². The number of hydrogen-bond donors (Lipinski definition) is 1. The van der Waals surface area contributed by atoms with Gasteiger partial charge in [0.15, 0.2) is 5.16 Å². The molecule has 0 aliphatic carbocycles. The molecule has 0 aliphatic rings. The van der Waals surface area contributed by atoms with E-state index in [-0.39, 0.29) is 0 Å². The normalized spacial score (nSPS) is 10.5. The fourth-order valence-electron chi connectivity index (χ4n) is 2.06. The first-order valence-electron chi connectivity index (χ1n) is 7.00. The predicted molar refractivity (Wildman–Crippen MR) is 101 cm³/mol. The molecule has 116 valence electrons. The Kier molecular flexibility index (Phi) is 5.33. The van der Waals surface area contributed by atoms with Crippen LogP contribution in [0.4, 0.5) is 5.69 Å². The Hall–Kier alpha value is -1.82. The molecule has 0 bridgehead atoms. The van der Waals surface area contributed by atoms with E-state index in [1.54, 1.807) is 6.20 Å². The minimum Gasteiger partial charge on any atom is -0.341 e. The molecule has 0 saturated carbocycles. The topological polar surface area (TPSA) is 29.9 Å². The largest absolute Gasteiger partial charge is 0.341 e. The van der Waals surface area contributed by atoms with Gasteiger partial charge in [-0.15, -0.1) is 0 Å². The zero-order chi connectivity index (χ0) is 16.1. The maximum atomic E-state index is 5.88. The van der Waals surface area contributed by atoms with Gasteiger partial charge in [0.2, 0.25) is 0 Å². The van der Waals surface area contributed by atoms with Crippen LogP contribution < -0.4 is 5.32 Å². The van der Waals surface area contributed by atoms with Crippen molar-refractivity contribution in [2.75, 3.05) is 5.32 Å². The number of aromatic nitrogens is 2. The number of benzene rings is 2. The van der Waals surface area contributed by atoms with Crippen LogP contribution in [0.3, 0.4) is 0 Å². The van der Waals surface area contributed by atoms with Crippen LogP contribution in [0.15, 0.2) is 72.1 Å². The molecular formula is C17H14ClN3S2. The Bertz CT molecular complexity index is 785. The van der Waals surface area contributed by atoms with Crippen LogP contribution >= 0.6 is 35.6 Å². The van der Waals surface area contributed by atoms with Crippen molar-refractivity contribution >= 4 is 45.6 Å². The fourth-order valence-corrected chi connectivity index (χ4v) is 3.22. The maximum Gasteiger partial charge on any atom is 0.175 e. The molecule has 2 aromatic carbocycles. The Labute approximate surface area is 149 Å². The van der Waals surface area contributed by atoms with Crippen molar-refractivity contribution < 1.29 is 0 Å². The number of thiocarbonyl (C=S) groups is 1. The highest BCUT2D eigenvalue weighted by Crippen LogP contribution is 2.21. The SMILES string of the molecule is S=C(Nc1ccc(Cl)cc1)Sc1nccn1Cc1ccccc1. The maximum absolute atomic E-state index is 5.88. The first-order chi connectivity index (χ1) is 11.2. The third kappa shape index (κ3) is 4.58. The summed E-state index contributed by atoms with van der Waals surface area (Å²) in [5.74, 6) is 0. The highest BCUT2D eigenvalue weighted by molar-refractivity contribution is 8.23. The highest BCUT2D eigenvalue weighted by Gasteiger charge is 2.08. The molecule has 0 amide bonds. The summed E-state index contributed by atoms with van der Waals surface area (Å²) in [5.41, 5.74) is 2.14. The molecule has 23 heavy (non-hydrogen) atoms. The van der Waals surface area contributed by atoms with E-state index in [2.05, 4.69) is 27.0 Å². The number of nitrogens with one attached hydrogen (secondary N) is 1. The minimum atomic E-state index is 0.646. The van der Waals surface area contributed by atoms with Gasteiger partial charge in [0.25, 0.3) is 0 Å². The Morgan fingerprint density at radius 3 is 2.61 bits per heavy atom. The summed E-state index contributed by atoms with van der Waals surface area (Å²) in [4.78, 5) is 4.39. The van der Waals surface area contributed by atoms with Gasteiger partial charge in [0, 0.05) is 29.6 Å². The molecule has 0 atom stereocenters. The van der Waals surface area contributed by atoms with E-state index in [4.69, 9.17) is 23.8 Å². The molecule has 1 N–H and O–H groups in total. The molecule has 3 rings (SSSR count). The molecule has 0 saturated heterocycles. The second-order valence-electron chi connectivity index (χ2n) is 4.84. The molecule has 0 unspecified atom stereocenters. The van der Waals surface area contributed by atoms with Gasteiger partial charge in [-0.25, -0.2) is 4.98 Å². The van der Waals surface area contributed by atoms with Crippen LogP contribution in [0.1, 0.15) is 5.56 Å². The van der Waals surface area contributed by atoms with Gasteiger partial charge in [-0.3, -0.25) is 0 Å².